The molecule has 1 aromatic carbocycles. The van der Waals surface area contributed by atoms with E-state index < -0.39 is 0 Å². The molecule has 0 aliphatic carbocycles. The Bertz CT molecular complexity index is 416. The fourth-order valence-electron chi connectivity index (χ4n) is 2.30. The Kier molecular flexibility index (Phi) is 5.58. The third kappa shape index (κ3) is 5.15. The summed E-state index contributed by atoms with van der Waals surface area (Å²) in [6.45, 7) is 0.844. The number of carbonyl (C=O) groups excluding carboxylic acids is 1. The molecule has 0 atom stereocenters. The van der Waals surface area contributed by atoms with Gasteiger partial charge in [0.15, 0.2) is 0 Å². The lowest BCUT2D eigenvalue weighted by Crippen LogP contribution is -2.31. The van der Waals surface area contributed by atoms with Crippen molar-refractivity contribution in [1.82, 2.24) is 5.32 Å². The highest BCUT2D eigenvalue weighted by molar-refractivity contribution is 7.99. The quantitative estimate of drug-likeness (QED) is 0.814. The molecule has 1 aliphatic heterocycles. The topological polar surface area (TPSA) is 55.1 Å². The van der Waals surface area contributed by atoms with Crippen molar-refractivity contribution >= 4 is 23.4 Å². The van der Waals surface area contributed by atoms with Crippen molar-refractivity contribution in [2.24, 2.45) is 5.92 Å². The monoisotopic (exact) mass is 278 g/mol. The normalized spacial score (nSPS) is 16.2. The summed E-state index contributed by atoms with van der Waals surface area (Å²) in [6.07, 6.45) is 3.78. The largest absolute Gasteiger partial charge is 0.399 e. The molecule has 1 aliphatic rings. The van der Waals surface area contributed by atoms with Gasteiger partial charge in [-0.2, -0.15) is 11.8 Å². The van der Waals surface area contributed by atoms with Crippen molar-refractivity contribution < 1.29 is 4.79 Å². The summed E-state index contributed by atoms with van der Waals surface area (Å²) in [7, 11) is 0. The van der Waals surface area contributed by atoms with Crippen molar-refractivity contribution in [1.29, 1.82) is 0 Å². The number of hydrogen-bond donors (Lipinski definition) is 2. The number of amides is 1. The molecule has 4 heteroatoms. The Morgan fingerprint density at radius 3 is 2.89 bits per heavy atom. The molecule has 3 N–H and O–H groups in total. The fraction of sp³-hybridized carbons (Fsp3) is 0.533. The maximum atomic E-state index is 11.8. The minimum absolute atomic E-state index is 0.153. The van der Waals surface area contributed by atoms with E-state index in [4.69, 9.17) is 5.73 Å². The molecule has 0 bridgehead atoms. The number of anilines is 1. The van der Waals surface area contributed by atoms with Crippen LogP contribution in [0.5, 0.6) is 0 Å². The van der Waals surface area contributed by atoms with Gasteiger partial charge < -0.3 is 11.1 Å². The number of benzene rings is 1. The van der Waals surface area contributed by atoms with Crippen LogP contribution in [0.15, 0.2) is 24.3 Å². The average Bonchev–Trinajstić information content (AvgIpc) is 2.44. The van der Waals surface area contributed by atoms with Crippen molar-refractivity contribution in [3.8, 4) is 0 Å². The van der Waals surface area contributed by atoms with Crippen molar-refractivity contribution in [3.05, 3.63) is 29.8 Å². The predicted molar refractivity (Wildman–Crippen MR) is 82.2 cm³/mol. The molecule has 1 heterocycles. The van der Waals surface area contributed by atoms with E-state index in [-0.39, 0.29) is 5.91 Å². The number of nitrogens with two attached hydrogens (primary N) is 1. The summed E-state index contributed by atoms with van der Waals surface area (Å²) in [5.74, 6) is 3.31. The van der Waals surface area contributed by atoms with E-state index >= 15 is 0 Å². The van der Waals surface area contributed by atoms with E-state index in [1.807, 2.05) is 36.0 Å². The van der Waals surface area contributed by atoms with Gasteiger partial charge in [0.05, 0.1) is 0 Å². The van der Waals surface area contributed by atoms with Crippen LogP contribution >= 0.6 is 11.8 Å². The molecular weight excluding hydrogens is 256 g/mol. The minimum atomic E-state index is 0.153. The lowest BCUT2D eigenvalue weighted by Gasteiger charge is -2.21. The van der Waals surface area contributed by atoms with Crippen LogP contribution in [0.2, 0.25) is 0 Å². The third-order valence-corrected chi connectivity index (χ3v) is 4.57. The highest BCUT2D eigenvalue weighted by atomic mass is 32.2. The van der Waals surface area contributed by atoms with Crippen LogP contribution in [-0.2, 0) is 11.2 Å². The van der Waals surface area contributed by atoms with Crippen LogP contribution in [-0.4, -0.2) is 24.0 Å². The first-order chi connectivity index (χ1) is 9.24. The first-order valence-corrected chi connectivity index (χ1v) is 8.08. The standard InChI is InChI=1S/C15H22N2OS/c16-14-3-1-2-12(10-14)4-5-15(18)17-11-13-6-8-19-9-7-13/h1-3,10,13H,4-9,11,16H2,(H,17,18). The lowest BCUT2D eigenvalue weighted by atomic mass is 10.0. The van der Waals surface area contributed by atoms with Gasteiger partial charge >= 0.3 is 0 Å². The molecule has 2 rings (SSSR count). The van der Waals surface area contributed by atoms with Gasteiger partial charge in [0, 0.05) is 18.7 Å². The number of hydrogen-bond acceptors (Lipinski definition) is 3. The molecular formula is C15H22N2OS. The maximum absolute atomic E-state index is 11.8. The van der Waals surface area contributed by atoms with Gasteiger partial charge in [0.25, 0.3) is 0 Å². The third-order valence-electron chi connectivity index (χ3n) is 3.52. The second-order valence-electron chi connectivity index (χ2n) is 5.10. The highest BCUT2D eigenvalue weighted by Crippen LogP contribution is 2.21. The van der Waals surface area contributed by atoms with Gasteiger partial charge in [-0.3, -0.25) is 4.79 Å². The van der Waals surface area contributed by atoms with Crippen LogP contribution in [0.3, 0.4) is 0 Å². The number of thioether (sulfide) groups is 1. The second-order valence-corrected chi connectivity index (χ2v) is 6.33. The SMILES string of the molecule is Nc1cccc(CCC(=O)NCC2CCSCC2)c1. The Morgan fingerprint density at radius 1 is 1.37 bits per heavy atom. The zero-order valence-electron chi connectivity index (χ0n) is 11.2. The smallest absolute Gasteiger partial charge is 0.220 e. The summed E-state index contributed by atoms with van der Waals surface area (Å²) in [5.41, 5.74) is 7.61. The molecule has 1 saturated heterocycles. The van der Waals surface area contributed by atoms with Crippen LogP contribution in [0, 0.1) is 5.92 Å². The number of nitrogen functional groups attached to an aromatic ring is 1. The first kappa shape index (κ1) is 14.3. The molecule has 19 heavy (non-hydrogen) atoms. The molecule has 1 fully saturated rings. The van der Waals surface area contributed by atoms with Gasteiger partial charge in [-0.15, -0.1) is 0 Å². The summed E-state index contributed by atoms with van der Waals surface area (Å²) >= 11 is 2.02. The summed E-state index contributed by atoms with van der Waals surface area (Å²) in [6, 6.07) is 7.75. The number of nitrogens with one attached hydrogen (secondary N) is 1. The van der Waals surface area contributed by atoms with Crippen LogP contribution in [0.25, 0.3) is 0 Å². The van der Waals surface area contributed by atoms with Crippen molar-refractivity contribution in [3.63, 3.8) is 0 Å². The van der Waals surface area contributed by atoms with E-state index in [0.717, 1.165) is 24.2 Å². The zero-order chi connectivity index (χ0) is 13.5. The first-order valence-electron chi connectivity index (χ1n) is 6.93. The van der Waals surface area contributed by atoms with Crippen LogP contribution in [0.4, 0.5) is 5.69 Å². The maximum Gasteiger partial charge on any atom is 0.220 e. The van der Waals surface area contributed by atoms with E-state index in [1.54, 1.807) is 0 Å². The molecule has 1 amide bonds. The van der Waals surface area contributed by atoms with E-state index in [1.165, 1.54) is 24.3 Å². The molecule has 0 radical (unpaired) electrons. The number of rotatable bonds is 5. The van der Waals surface area contributed by atoms with Crippen LogP contribution in [0.1, 0.15) is 24.8 Å². The predicted octanol–water partition coefficient (Wildman–Crippen LogP) is 2.46. The Labute approximate surface area is 119 Å². The van der Waals surface area contributed by atoms with Gasteiger partial charge in [-0.05, 0) is 54.4 Å². The Hall–Kier alpha value is -1.16. The molecule has 0 aromatic heterocycles. The summed E-state index contributed by atoms with van der Waals surface area (Å²) in [5, 5.41) is 3.06. The fourth-order valence-corrected chi connectivity index (χ4v) is 3.51. The molecule has 1 aromatic rings. The minimum Gasteiger partial charge on any atom is -0.399 e. The summed E-state index contributed by atoms with van der Waals surface area (Å²) < 4.78 is 0. The zero-order valence-corrected chi connectivity index (χ0v) is 12.0. The Morgan fingerprint density at radius 2 is 2.16 bits per heavy atom. The Balaban J connectivity index is 1.66. The van der Waals surface area contributed by atoms with Gasteiger partial charge in [-0.25, -0.2) is 0 Å². The van der Waals surface area contributed by atoms with E-state index in [2.05, 4.69) is 5.32 Å². The molecule has 0 spiro atoms. The van der Waals surface area contributed by atoms with Gasteiger partial charge in [-0.1, -0.05) is 12.1 Å². The average molecular weight is 278 g/mol. The number of carbonyl (C=O) groups is 1. The highest BCUT2D eigenvalue weighted by Gasteiger charge is 2.14. The van der Waals surface area contributed by atoms with Gasteiger partial charge in [0.1, 0.15) is 0 Å². The van der Waals surface area contributed by atoms with Crippen molar-refractivity contribution in [2.75, 3.05) is 23.8 Å². The van der Waals surface area contributed by atoms with E-state index in [9.17, 15) is 4.79 Å². The van der Waals surface area contributed by atoms with E-state index in [0.29, 0.717) is 12.3 Å². The second kappa shape index (κ2) is 7.43. The molecule has 0 saturated carbocycles. The lowest BCUT2D eigenvalue weighted by molar-refractivity contribution is -0.121. The molecule has 104 valence electrons. The van der Waals surface area contributed by atoms with Gasteiger partial charge in [0.2, 0.25) is 5.91 Å². The summed E-state index contributed by atoms with van der Waals surface area (Å²) in [4.78, 5) is 11.8. The molecule has 0 unspecified atom stereocenters. The van der Waals surface area contributed by atoms with Crippen LogP contribution < -0.4 is 11.1 Å². The van der Waals surface area contributed by atoms with Crippen molar-refractivity contribution in [2.45, 2.75) is 25.7 Å². The number of aryl methyl sites for hydroxylation is 1. The molecule has 3 nitrogen and oxygen atoms in total.